The van der Waals surface area contributed by atoms with Crippen LogP contribution in [0.25, 0.3) is 0 Å². The van der Waals surface area contributed by atoms with Crippen LogP contribution in [0.1, 0.15) is 79.1 Å². The Kier molecular flexibility index (Phi) is 7.20. The molecule has 1 rings (SSSR count). The molecule has 0 radical (unpaired) electrons. The average Bonchev–Trinajstić information content (AvgIpc) is 2.65. The van der Waals surface area contributed by atoms with Crippen molar-refractivity contribution in [3.8, 4) is 0 Å². The summed E-state index contributed by atoms with van der Waals surface area (Å²) in [5.74, 6) is 0. The molecule has 1 fully saturated rings. The van der Waals surface area contributed by atoms with Gasteiger partial charge in [0.25, 0.3) is 0 Å². The summed E-state index contributed by atoms with van der Waals surface area (Å²) in [6, 6.07) is -0.211. The van der Waals surface area contributed by atoms with Gasteiger partial charge >= 0.3 is 6.09 Å². The zero-order valence-corrected chi connectivity index (χ0v) is 14.1. The van der Waals surface area contributed by atoms with Crippen LogP contribution < -0.4 is 0 Å². The third-order valence-electron chi connectivity index (χ3n) is 3.92. The molecular formula is C17H31NO3. The third kappa shape index (κ3) is 6.06. The monoisotopic (exact) mass is 297 g/mol. The van der Waals surface area contributed by atoms with Crippen LogP contribution in [0, 0.1) is 0 Å². The van der Waals surface area contributed by atoms with E-state index in [4.69, 9.17) is 4.74 Å². The van der Waals surface area contributed by atoms with Crippen LogP contribution in [0.15, 0.2) is 0 Å². The van der Waals surface area contributed by atoms with Gasteiger partial charge in [0.1, 0.15) is 11.9 Å². The number of hydrogen-bond acceptors (Lipinski definition) is 3. The molecule has 0 saturated heterocycles. The Balaban J connectivity index is 2.91. The quantitative estimate of drug-likeness (QED) is 0.561. The predicted octanol–water partition coefficient (Wildman–Crippen LogP) is 4.31. The molecule has 1 unspecified atom stereocenters. The number of carbonyl (C=O) groups is 2. The first-order valence-electron chi connectivity index (χ1n) is 8.35. The molecule has 0 bridgehead atoms. The zero-order valence-electron chi connectivity index (χ0n) is 14.1. The van der Waals surface area contributed by atoms with Crippen molar-refractivity contribution in [3.63, 3.8) is 0 Å². The van der Waals surface area contributed by atoms with Crippen LogP contribution in [0.3, 0.4) is 0 Å². The predicted molar refractivity (Wildman–Crippen MR) is 84.3 cm³/mol. The van der Waals surface area contributed by atoms with E-state index in [1.54, 1.807) is 4.90 Å². The highest BCUT2D eigenvalue weighted by molar-refractivity contribution is 5.74. The second-order valence-corrected chi connectivity index (χ2v) is 7.03. The number of aldehydes is 1. The number of nitrogens with zero attached hydrogens (tertiary/aromatic N) is 1. The molecule has 0 aromatic heterocycles. The smallest absolute Gasteiger partial charge is 0.411 e. The molecule has 0 heterocycles. The van der Waals surface area contributed by atoms with Crippen LogP contribution in [-0.4, -0.2) is 35.0 Å². The van der Waals surface area contributed by atoms with Gasteiger partial charge in [0, 0.05) is 6.04 Å². The molecule has 0 aliphatic heterocycles. The molecule has 4 heteroatoms. The van der Waals surface area contributed by atoms with Crippen molar-refractivity contribution in [1.82, 2.24) is 4.90 Å². The van der Waals surface area contributed by atoms with Crippen molar-refractivity contribution < 1.29 is 14.3 Å². The van der Waals surface area contributed by atoms with Crippen molar-refractivity contribution in [3.05, 3.63) is 0 Å². The third-order valence-corrected chi connectivity index (χ3v) is 3.92. The highest BCUT2D eigenvalue weighted by Gasteiger charge is 2.33. The van der Waals surface area contributed by atoms with Crippen LogP contribution >= 0.6 is 0 Å². The maximum Gasteiger partial charge on any atom is 0.411 e. The lowest BCUT2D eigenvalue weighted by atomic mass is 10.0. The Morgan fingerprint density at radius 3 is 2.24 bits per heavy atom. The van der Waals surface area contributed by atoms with Gasteiger partial charge < -0.3 is 9.53 Å². The van der Waals surface area contributed by atoms with E-state index in [-0.39, 0.29) is 18.2 Å². The molecule has 122 valence electrons. The Labute approximate surface area is 129 Å². The molecule has 21 heavy (non-hydrogen) atoms. The Bertz CT molecular complexity index is 327. The van der Waals surface area contributed by atoms with E-state index in [1.807, 2.05) is 27.7 Å². The fourth-order valence-corrected chi connectivity index (χ4v) is 2.97. The Hall–Kier alpha value is -1.06. The Morgan fingerprint density at radius 2 is 1.81 bits per heavy atom. The SMILES string of the molecule is CCCC(C=O)N(C(=O)OC(C)(C)C)C1CCCCCC1. The molecular weight excluding hydrogens is 266 g/mol. The van der Waals surface area contributed by atoms with Crippen LogP contribution in [0.2, 0.25) is 0 Å². The largest absolute Gasteiger partial charge is 0.444 e. The molecule has 1 atom stereocenters. The minimum Gasteiger partial charge on any atom is -0.444 e. The first-order valence-corrected chi connectivity index (χ1v) is 8.35. The van der Waals surface area contributed by atoms with Gasteiger partial charge in [-0.05, 0) is 40.0 Å². The number of ether oxygens (including phenoxy) is 1. The maximum atomic E-state index is 12.6. The first-order chi connectivity index (χ1) is 9.89. The van der Waals surface area contributed by atoms with E-state index in [9.17, 15) is 9.59 Å². The van der Waals surface area contributed by atoms with Gasteiger partial charge in [0.2, 0.25) is 0 Å². The molecule has 1 aliphatic rings. The molecule has 1 amide bonds. The minimum atomic E-state index is -0.528. The second kappa shape index (κ2) is 8.40. The summed E-state index contributed by atoms with van der Waals surface area (Å²) in [6.45, 7) is 7.64. The lowest BCUT2D eigenvalue weighted by Gasteiger charge is -2.36. The first kappa shape index (κ1) is 18.0. The molecule has 1 aliphatic carbocycles. The van der Waals surface area contributed by atoms with Gasteiger partial charge in [-0.3, -0.25) is 4.90 Å². The van der Waals surface area contributed by atoms with Gasteiger partial charge in [-0.25, -0.2) is 4.79 Å². The summed E-state index contributed by atoms with van der Waals surface area (Å²) < 4.78 is 5.55. The Morgan fingerprint density at radius 1 is 1.24 bits per heavy atom. The standard InChI is InChI=1S/C17H31NO3/c1-5-10-15(13-19)18(16(20)21-17(2,3)4)14-11-8-6-7-9-12-14/h13-15H,5-12H2,1-4H3. The molecule has 4 nitrogen and oxygen atoms in total. The summed E-state index contributed by atoms with van der Waals surface area (Å²) in [5, 5.41) is 0. The van der Waals surface area contributed by atoms with Crippen LogP contribution in [-0.2, 0) is 9.53 Å². The van der Waals surface area contributed by atoms with E-state index < -0.39 is 5.60 Å². The summed E-state index contributed by atoms with van der Waals surface area (Å²) in [7, 11) is 0. The number of carbonyl (C=O) groups excluding carboxylic acids is 2. The van der Waals surface area contributed by atoms with Crippen molar-refractivity contribution in [2.45, 2.75) is 96.7 Å². The average molecular weight is 297 g/mol. The van der Waals surface area contributed by atoms with Crippen molar-refractivity contribution in [1.29, 1.82) is 0 Å². The van der Waals surface area contributed by atoms with Gasteiger partial charge in [0.15, 0.2) is 0 Å². The van der Waals surface area contributed by atoms with Crippen LogP contribution in [0.5, 0.6) is 0 Å². The lowest BCUT2D eigenvalue weighted by molar-refractivity contribution is -0.113. The van der Waals surface area contributed by atoms with Crippen LogP contribution in [0.4, 0.5) is 4.79 Å². The molecule has 1 saturated carbocycles. The summed E-state index contributed by atoms with van der Waals surface area (Å²) >= 11 is 0. The molecule has 0 spiro atoms. The van der Waals surface area contributed by atoms with E-state index in [1.165, 1.54) is 12.8 Å². The van der Waals surface area contributed by atoms with Crippen molar-refractivity contribution in [2.75, 3.05) is 0 Å². The summed E-state index contributed by atoms with van der Waals surface area (Å²) in [6.07, 6.45) is 8.83. The minimum absolute atomic E-state index is 0.143. The van der Waals surface area contributed by atoms with Gasteiger partial charge in [-0.2, -0.15) is 0 Å². The van der Waals surface area contributed by atoms with E-state index in [2.05, 4.69) is 0 Å². The summed E-state index contributed by atoms with van der Waals surface area (Å²) in [5.41, 5.74) is -0.528. The maximum absolute atomic E-state index is 12.6. The number of amides is 1. The lowest BCUT2D eigenvalue weighted by Crippen LogP contribution is -2.49. The normalized spacial score (nSPS) is 18.7. The van der Waals surface area contributed by atoms with E-state index in [0.717, 1.165) is 38.4 Å². The van der Waals surface area contributed by atoms with E-state index in [0.29, 0.717) is 6.42 Å². The van der Waals surface area contributed by atoms with E-state index >= 15 is 0 Å². The van der Waals surface area contributed by atoms with Gasteiger partial charge in [-0.1, -0.05) is 39.0 Å². The zero-order chi connectivity index (χ0) is 15.9. The molecule has 0 aromatic carbocycles. The number of rotatable bonds is 5. The fourth-order valence-electron chi connectivity index (χ4n) is 2.97. The second-order valence-electron chi connectivity index (χ2n) is 7.03. The van der Waals surface area contributed by atoms with Gasteiger partial charge in [0.05, 0.1) is 6.04 Å². The van der Waals surface area contributed by atoms with Crippen molar-refractivity contribution >= 4 is 12.4 Å². The highest BCUT2D eigenvalue weighted by Crippen LogP contribution is 2.26. The topological polar surface area (TPSA) is 46.6 Å². The molecule has 0 aromatic rings. The molecule has 0 N–H and O–H groups in total. The van der Waals surface area contributed by atoms with Gasteiger partial charge in [-0.15, -0.1) is 0 Å². The van der Waals surface area contributed by atoms with Crippen molar-refractivity contribution in [2.24, 2.45) is 0 Å². The fraction of sp³-hybridized carbons (Fsp3) is 0.882. The summed E-state index contributed by atoms with van der Waals surface area (Å²) in [4.78, 5) is 25.8. The number of hydrogen-bond donors (Lipinski definition) is 0. The highest BCUT2D eigenvalue weighted by atomic mass is 16.6.